The van der Waals surface area contributed by atoms with Gasteiger partial charge in [-0.25, -0.2) is 9.78 Å². The minimum atomic E-state index is -1.40. The fourth-order valence-corrected chi connectivity index (χ4v) is 1.26. The summed E-state index contributed by atoms with van der Waals surface area (Å²) in [7, 11) is 0. The van der Waals surface area contributed by atoms with E-state index in [1.54, 1.807) is 0 Å². The molecule has 0 aliphatic carbocycles. The molecule has 0 fully saturated rings. The Morgan fingerprint density at radius 1 is 1.42 bits per heavy atom. The lowest BCUT2D eigenvalue weighted by Gasteiger charge is -2.10. The molecule has 0 aliphatic heterocycles. The molecule has 0 radical (unpaired) electrons. The third-order valence-electron chi connectivity index (χ3n) is 2.26. The molecular weight excluding hydrogens is 254 g/mol. The number of carbonyl (C=O) groups excluding carboxylic acids is 2. The Kier molecular flexibility index (Phi) is 4.56. The molecule has 0 aliphatic rings. The van der Waals surface area contributed by atoms with Gasteiger partial charge in [0.1, 0.15) is 11.9 Å². The number of H-pyrrole nitrogens is 1. The van der Waals surface area contributed by atoms with Crippen LogP contribution in [0.4, 0.5) is 0 Å². The lowest BCUT2D eigenvalue weighted by atomic mass is 10.2. The number of aromatic amines is 1. The molecule has 104 valence electrons. The van der Waals surface area contributed by atoms with Gasteiger partial charge in [-0.2, -0.15) is 0 Å². The van der Waals surface area contributed by atoms with Crippen LogP contribution >= 0.6 is 0 Å². The second kappa shape index (κ2) is 5.94. The number of nitrogens with one attached hydrogen (secondary N) is 2. The molecule has 0 saturated heterocycles. The average molecular weight is 269 g/mol. The van der Waals surface area contributed by atoms with Gasteiger partial charge in [-0.1, -0.05) is 13.8 Å². The zero-order valence-electron chi connectivity index (χ0n) is 10.5. The van der Waals surface area contributed by atoms with Crippen LogP contribution in [0, 0.1) is 0 Å². The SMILES string of the molecule is CC(C)c1nc(C(=O)NC(CC(N)=O)C(=O)O)n[nH]1. The monoisotopic (exact) mass is 269 g/mol. The third-order valence-corrected chi connectivity index (χ3v) is 2.26. The Morgan fingerprint density at radius 3 is 2.47 bits per heavy atom. The number of carbonyl (C=O) groups is 3. The topological polar surface area (TPSA) is 151 Å². The van der Waals surface area contributed by atoms with Gasteiger partial charge < -0.3 is 16.2 Å². The average Bonchev–Trinajstić information content (AvgIpc) is 2.76. The van der Waals surface area contributed by atoms with Gasteiger partial charge in [-0.05, 0) is 0 Å². The van der Waals surface area contributed by atoms with Crippen molar-refractivity contribution in [1.29, 1.82) is 0 Å². The van der Waals surface area contributed by atoms with Crippen molar-refractivity contribution in [3.05, 3.63) is 11.6 Å². The number of rotatable bonds is 6. The number of nitrogens with two attached hydrogens (primary N) is 1. The number of nitrogens with zero attached hydrogens (tertiary/aromatic N) is 2. The van der Waals surface area contributed by atoms with Gasteiger partial charge in [0.15, 0.2) is 0 Å². The lowest BCUT2D eigenvalue weighted by molar-refractivity contribution is -0.140. The number of amides is 2. The molecule has 1 aromatic rings. The quantitative estimate of drug-likeness (QED) is 0.519. The summed E-state index contributed by atoms with van der Waals surface area (Å²) in [4.78, 5) is 37.2. The summed E-state index contributed by atoms with van der Waals surface area (Å²) in [5.74, 6) is -2.59. The molecule has 0 saturated carbocycles. The van der Waals surface area contributed by atoms with Crippen LogP contribution in [0.25, 0.3) is 0 Å². The molecule has 5 N–H and O–H groups in total. The van der Waals surface area contributed by atoms with E-state index in [9.17, 15) is 14.4 Å². The Balaban J connectivity index is 2.75. The predicted molar refractivity (Wildman–Crippen MR) is 63.2 cm³/mol. The minimum Gasteiger partial charge on any atom is -0.480 e. The summed E-state index contributed by atoms with van der Waals surface area (Å²) in [6.45, 7) is 3.71. The standard InChI is InChI=1S/C10H15N5O4/c1-4(2)7-13-8(15-14-7)9(17)12-5(10(18)19)3-6(11)16/h4-5H,3H2,1-2H3,(H2,11,16)(H,12,17)(H,18,19)(H,13,14,15). The first-order chi connectivity index (χ1) is 8.81. The molecule has 0 bridgehead atoms. The lowest BCUT2D eigenvalue weighted by Crippen LogP contribution is -2.43. The number of aromatic nitrogens is 3. The molecule has 1 unspecified atom stereocenters. The van der Waals surface area contributed by atoms with E-state index in [-0.39, 0.29) is 11.7 Å². The van der Waals surface area contributed by atoms with Gasteiger partial charge >= 0.3 is 5.97 Å². The predicted octanol–water partition coefficient (Wildman–Crippen LogP) is -1.01. The summed E-state index contributed by atoms with van der Waals surface area (Å²) >= 11 is 0. The highest BCUT2D eigenvalue weighted by molar-refractivity contribution is 5.94. The van der Waals surface area contributed by atoms with Gasteiger partial charge in [-0.3, -0.25) is 14.7 Å². The first kappa shape index (κ1) is 14.6. The van der Waals surface area contributed by atoms with E-state index in [0.29, 0.717) is 5.82 Å². The van der Waals surface area contributed by atoms with Gasteiger partial charge in [-0.15, -0.1) is 5.10 Å². The number of aliphatic carboxylic acids is 1. The molecule has 0 spiro atoms. The summed E-state index contributed by atoms with van der Waals surface area (Å²) in [5, 5.41) is 17.2. The van der Waals surface area contributed by atoms with Crippen molar-refractivity contribution in [1.82, 2.24) is 20.5 Å². The van der Waals surface area contributed by atoms with E-state index in [0.717, 1.165) is 0 Å². The van der Waals surface area contributed by atoms with E-state index < -0.39 is 30.2 Å². The Bertz CT molecular complexity index is 496. The molecular formula is C10H15N5O4. The van der Waals surface area contributed by atoms with Crippen LogP contribution in [0.2, 0.25) is 0 Å². The maximum Gasteiger partial charge on any atom is 0.326 e. The minimum absolute atomic E-state index is 0.0509. The van der Waals surface area contributed by atoms with Crippen molar-refractivity contribution in [2.24, 2.45) is 5.73 Å². The van der Waals surface area contributed by atoms with Crippen molar-refractivity contribution in [3.8, 4) is 0 Å². The zero-order chi connectivity index (χ0) is 14.6. The fraction of sp³-hybridized carbons (Fsp3) is 0.500. The van der Waals surface area contributed by atoms with Crippen molar-refractivity contribution >= 4 is 17.8 Å². The normalized spacial score (nSPS) is 12.2. The van der Waals surface area contributed by atoms with Gasteiger partial charge in [0.25, 0.3) is 5.91 Å². The van der Waals surface area contributed by atoms with Crippen LogP contribution in [0.1, 0.15) is 42.6 Å². The number of primary amides is 1. The van der Waals surface area contributed by atoms with Gasteiger partial charge in [0.05, 0.1) is 6.42 Å². The van der Waals surface area contributed by atoms with Crippen molar-refractivity contribution < 1.29 is 19.5 Å². The largest absolute Gasteiger partial charge is 0.480 e. The second-order valence-corrected chi connectivity index (χ2v) is 4.23. The first-order valence-corrected chi connectivity index (χ1v) is 5.55. The van der Waals surface area contributed by atoms with Crippen LogP contribution in [-0.4, -0.2) is 44.1 Å². The van der Waals surface area contributed by atoms with Crippen LogP contribution in [0.5, 0.6) is 0 Å². The highest BCUT2D eigenvalue weighted by Gasteiger charge is 2.24. The summed E-state index contributed by atoms with van der Waals surface area (Å²) in [6.07, 6.45) is -0.497. The molecule has 1 atom stereocenters. The molecule has 9 nitrogen and oxygen atoms in total. The van der Waals surface area contributed by atoms with E-state index in [4.69, 9.17) is 10.8 Å². The highest BCUT2D eigenvalue weighted by atomic mass is 16.4. The van der Waals surface area contributed by atoms with Crippen molar-refractivity contribution in [2.75, 3.05) is 0 Å². The number of carboxylic acid groups (broad SMARTS) is 1. The number of hydrogen-bond donors (Lipinski definition) is 4. The molecule has 2 amide bonds. The molecule has 19 heavy (non-hydrogen) atoms. The molecule has 0 aromatic carbocycles. The van der Waals surface area contributed by atoms with E-state index in [2.05, 4.69) is 20.5 Å². The molecule has 9 heteroatoms. The zero-order valence-corrected chi connectivity index (χ0v) is 10.5. The summed E-state index contributed by atoms with van der Waals surface area (Å²) in [5.41, 5.74) is 4.90. The highest BCUT2D eigenvalue weighted by Crippen LogP contribution is 2.07. The maximum absolute atomic E-state index is 11.7. The Labute approximate surface area is 108 Å². The smallest absolute Gasteiger partial charge is 0.326 e. The van der Waals surface area contributed by atoms with Gasteiger partial charge in [0.2, 0.25) is 11.7 Å². The first-order valence-electron chi connectivity index (χ1n) is 5.55. The van der Waals surface area contributed by atoms with Crippen molar-refractivity contribution in [2.45, 2.75) is 32.2 Å². The number of hydrogen-bond acceptors (Lipinski definition) is 5. The molecule has 1 rings (SSSR count). The second-order valence-electron chi connectivity index (χ2n) is 4.23. The number of carboxylic acids is 1. The van der Waals surface area contributed by atoms with Crippen molar-refractivity contribution in [3.63, 3.8) is 0 Å². The maximum atomic E-state index is 11.7. The Morgan fingerprint density at radius 2 is 2.05 bits per heavy atom. The molecule has 1 heterocycles. The van der Waals surface area contributed by atoms with Gasteiger partial charge in [0, 0.05) is 5.92 Å². The van der Waals surface area contributed by atoms with E-state index in [1.807, 2.05) is 13.8 Å². The molecule has 1 aromatic heterocycles. The van der Waals surface area contributed by atoms with Crippen LogP contribution in [0.3, 0.4) is 0 Å². The van der Waals surface area contributed by atoms with Crippen LogP contribution < -0.4 is 11.1 Å². The Hall–Kier alpha value is -2.45. The fourth-order valence-electron chi connectivity index (χ4n) is 1.26. The van der Waals surface area contributed by atoms with Crippen LogP contribution in [0.15, 0.2) is 0 Å². The summed E-state index contributed by atoms with van der Waals surface area (Å²) in [6, 6.07) is -1.40. The third kappa shape index (κ3) is 4.05. The van der Waals surface area contributed by atoms with E-state index in [1.165, 1.54) is 0 Å². The summed E-state index contributed by atoms with van der Waals surface area (Å²) < 4.78 is 0. The van der Waals surface area contributed by atoms with Crippen LogP contribution in [-0.2, 0) is 9.59 Å². The van der Waals surface area contributed by atoms with E-state index >= 15 is 0 Å².